The van der Waals surface area contributed by atoms with Gasteiger partial charge in [-0.25, -0.2) is 4.39 Å². The first-order chi connectivity index (χ1) is 10.5. The highest BCUT2D eigenvalue weighted by Crippen LogP contribution is 2.20. The van der Waals surface area contributed by atoms with Crippen molar-refractivity contribution in [1.82, 2.24) is 5.32 Å². The fourth-order valence-corrected chi connectivity index (χ4v) is 2.22. The largest absolute Gasteiger partial charge is 0.398 e. The Bertz CT molecular complexity index is 678. The van der Waals surface area contributed by atoms with E-state index in [1.807, 2.05) is 0 Å². The van der Waals surface area contributed by atoms with Crippen molar-refractivity contribution in [3.8, 4) is 0 Å². The van der Waals surface area contributed by atoms with E-state index in [0.29, 0.717) is 29.4 Å². The van der Waals surface area contributed by atoms with Gasteiger partial charge in [-0.3, -0.25) is 4.79 Å². The molecular weight excluding hydrogens is 305 g/mol. The molecule has 0 spiro atoms. The van der Waals surface area contributed by atoms with Gasteiger partial charge in [0.15, 0.2) is 0 Å². The smallest absolute Gasteiger partial charge is 0.251 e. The maximum Gasteiger partial charge on any atom is 0.251 e. The van der Waals surface area contributed by atoms with Gasteiger partial charge in [-0.05, 0) is 35.9 Å². The van der Waals surface area contributed by atoms with Crippen molar-refractivity contribution in [1.29, 1.82) is 0 Å². The number of rotatable bonds is 5. The number of carbonyl (C=O) groups is 1. The summed E-state index contributed by atoms with van der Waals surface area (Å²) in [6.07, 6.45) is 0. The Balaban J connectivity index is 2.03. The first-order valence-electron chi connectivity index (χ1n) is 6.80. The Morgan fingerprint density at radius 3 is 2.68 bits per heavy atom. The molecule has 0 saturated carbocycles. The second kappa shape index (κ2) is 7.24. The lowest BCUT2D eigenvalue weighted by Crippen LogP contribution is -2.31. The molecule has 116 valence electrons. The first kappa shape index (κ1) is 16.3. The summed E-state index contributed by atoms with van der Waals surface area (Å²) >= 11 is 5.82. The van der Waals surface area contributed by atoms with Crippen molar-refractivity contribution < 1.29 is 9.18 Å². The molecule has 0 unspecified atom stereocenters. The van der Waals surface area contributed by atoms with Crippen LogP contribution in [0.1, 0.15) is 21.8 Å². The molecule has 22 heavy (non-hydrogen) atoms. The number of benzene rings is 2. The number of hydrogen-bond donors (Lipinski definition) is 3. The van der Waals surface area contributed by atoms with Gasteiger partial charge in [0.05, 0.1) is 10.7 Å². The van der Waals surface area contributed by atoms with Gasteiger partial charge in [-0.15, -0.1) is 0 Å². The lowest BCUT2D eigenvalue weighted by atomic mass is 9.99. The quantitative estimate of drug-likeness (QED) is 0.740. The lowest BCUT2D eigenvalue weighted by Gasteiger charge is -2.16. The van der Waals surface area contributed by atoms with Crippen molar-refractivity contribution >= 4 is 23.2 Å². The van der Waals surface area contributed by atoms with Crippen LogP contribution in [-0.4, -0.2) is 19.0 Å². The van der Waals surface area contributed by atoms with E-state index in [-0.39, 0.29) is 17.6 Å². The van der Waals surface area contributed by atoms with E-state index in [4.69, 9.17) is 23.1 Å². The molecule has 0 fully saturated rings. The maximum absolute atomic E-state index is 13.3. The van der Waals surface area contributed by atoms with Crippen LogP contribution in [0.15, 0.2) is 42.5 Å². The average molecular weight is 322 g/mol. The van der Waals surface area contributed by atoms with E-state index < -0.39 is 0 Å². The molecule has 0 bridgehead atoms. The van der Waals surface area contributed by atoms with Crippen LogP contribution in [0, 0.1) is 5.82 Å². The van der Waals surface area contributed by atoms with Gasteiger partial charge in [-0.2, -0.15) is 0 Å². The van der Waals surface area contributed by atoms with Crippen LogP contribution in [0.4, 0.5) is 10.1 Å². The Morgan fingerprint density at radius 2 is 2.05 bits per heavy atom. The number of hydrogen-bond acceptors (Lipinski definition) is 3. The lowest BCUT2D eigenvalue weighted by molar-refractivity contribution is 0.0951. The van der Waals surface area contributed by atoms with Crippen LogP contribution >= 0.6 is 11.6 Å². The fourth-order valence-electron chi connectivity index (χ4n) is 2.10. The summed E-state index contributed by atoms with van der Waals surface area (Å²) in [6.45, 7) is 0.605. The van der Waals surface area contributed by atoms with Gasteiger partial charge in [-0.1, -0.05) is 23.7 Å². The Labute approximate surface area is 133 Å². The SMILES string of the molecule is NC[C@@H](CNC(=O)c1ccc(Cl)c(N)c1)c1cccc(F)c1. The molecule has 0 heterocycles. The molecule has 6 heteroatoms. The van der Waals surface area contributed by atoms with Crippen molar-refractivity contribution in [3.63, 3.8) is 0 Å². The summed E-state index contributed by atoms with van der Waals surface area (Å²) in [5.74, 6) is -0.768. The number of carbonyl (C=O) groups excluding carboxylic acids is 1. The highest BCUT2D eigenvalue weighted by Gasteiger charge is 2.13. The summed E-state index contributed by atoms with van der Waals surface area (Å²) in [6, 6.07) is 10.9. The summed E-state index contributed by atoms with van der Waals surface area (Å²) < 4.78 is 13.3. The molecule has 0 saturated heterocycles. The minimum absolute atomic E-state index is 0.163. The summed E-state index contributed by atoms with van der Waals surface area (Å²) in [5, 5.41) is 3.17. The van der Waals surface area contributed by atoms with E-state index in [0.717, 1.165) is 5.56 Å². The molecule has 2 rings (SSSR count). The molecule has 2 aromatic rings. The molecule has 0 aromatic heterocycles. The number of nitrogens with one attached hydrogen (secondary N) is 1. The van der Waals surface area contributed by atoms with Gasteiger partial charge in [0.1, 0.15) is 5.82 Å². The predicted molar refractivity (Wildman–Crippen MR) is 86.4 cm³/mol. The molecule has 2 aromatic carbocycles. The van der Waals surface area contributed by atoms with Crippen LogP contribution in [0.2, 0.25) is 5.02 Å². The second-order valence-electron chi connectivity index (χ2n) is 4.93. The van der Waals surface area contributed by atoms with Crippen molar-refractivity contribution in [2.45, 2.75) is 5.92 Å². The zero-order chi connectivity index (χ0) is 16.1. The molecule has 0 aliphatic heterocycles. The molecule has 0 aliphatic rings. The molecule has 0 radical (unpaired) electrons. The summed E-state index contributed by atoms with van der Waals surface area (Å²) in [4.78, 5) is 12.1. The van der Waals surface area contributed by atoms with E-state index in [1.54, 1.807) is 24.3 Å². The summed E-state index contributed by atoms with van der Waals surface area (Å²) in [5.41, 5.74) is 12.9. The maximum atomic E-state index is 13.3. The third-order valence-electron chi connectivity index (χ3n) is 3.37. The van der Waals surface area contributed by atoms with Crippen molar-refractivity contribution in [3.05, 3.63) is 64.4 Å². The molecular formula is C16H17ClFN3O. The second-order valence-corrected chi connectivity index (χ2v) is 5.34. The highest BCUT2D eigenvalue weighted by molar-refractivity contribution is 6.33. The number of anilines is 1. The van der Waals surface area contributed by atoms with Gasteiger partial charge in [0, 0.05) is 24.6 Å². The van der Waals surface area contributed by atoms with E-state index in [9.17, 15) is 9.18 Å². The van der Waals surface area contributed by atoms with Crippen LogP contribution < -0.4 is 16.8 Å². The minimum atomic E-state index is -0.326. The molecule has 5 N–H and O–H groups in total. The van der Waals surface area contributed by atoms with Gasteiger partial charge >= 0.3 is 0 Å². The van der Waals surface area contributed by atoms with Gasteiger partial charge in [0.25, 0.3) is 5.91 Å². The number of halogens is 2. The van der Waals surface area contributed by atoms with E-state index >= 15 is 0 Å². The van der Waals surface area contributed by atoms with Crippen LogP contribution in [0.3, 0.4) is 0 Å². The van der Waals surface area contributed by atoms with Crippen molar-refractivity contribution in [2.24, 2.45) is 5.73 Å². The fraction of sp³-hybridized carbons (Fsp3) is 0.188. The van der Waals surface area contributed by atoms with Gasteiger partial charge in [0.2, 0.25) is 0 Å². The van der Waals surface area contributed by atoms with E-state index in [2.05, 4.69) is 5.32 Å². The third-order valence-corrected chi connectivity index (χ3v) is 3.72. The zero-order valence-electron chi connectivity index (χ0n) is 11.9. The van der Waals surface area contributed by atoms with Crippen LogP contribution in [0.5, 0.6) is 0 Å². The van der Waals surface area contributed by atoms with E-state index in [1.165, 1.54) is 18.2 Å². The first-order valence-corrected chi connectivity index (χ1v) is 7.18. The Morgan fingerprint density at radius 1 is 1.27 bits per heavy atom. The number of amides is 1. The monoisotopic (exact) mass is 321 g/mol. The predicted octanol–water partition coefficient (Wildman–Crippen LogP) is 2.53. The molecule has 0 aliphatic carbocycles. The van der Waals surface area contributed by atoms with Gasteiger partial charge < -0.3 is 16.8 Å². The summed E-state index contributed by atoms with van der Waals surface area (Å²) in [7, 11) is 0. The molecule has 1 amide bonds. The Kier molecular flexibility index (Phi) is 5.35. The molecule has 1 atom stereocenters. The standard InChI is InChI=1S/C16H17ClFN3O/c17-14-5-4-11(7-15(14)20)16(22)21-9-12(8-19)10-2-1-3-13(18)6-10/h1-7,12H,8-9,19-20H2,(H,21,22)/t12-/m0/s1. The third kappa shape index (κ3) is 3.96. The zero-order valence-corrected chi connectivity index (χ0v) is 12.6. The topological polar surface area (TPSA) is 81.1 Å². The minimum Gasteiger partial charge on any atom is -0.398 e. The van der Waals surface area contributed by atoms with Crippen molar-refractivity contribution in [2.75, 3.05) is 18.8 Å². The van der Waals surface area contributed by atoms with Crippen LogP contribution in [-0.2, 0) is 0 Å². The molecule has 4 nitrogen and oxygen atoms in total. The Hall–Kier alpha value is -2.11. The normalized spacial score (nSPS) is 12.0. The number of nitrogens with two attached hydrogens (primary N) is 2. The number of nitrogen functional groups attached to an aromatic ring is 1. The highest BCUT2D eigenvalue weighted by atomic mass is 35.5. The average Bonchev–Trinajstić information content (AvgIpc) is 2.50. The van der Waals surface area contributed by atoms with Crippen LogP contribution in [0.25, 0.3) is 0 Å².